The maximum absolute atomic E-state index is 5.96. The van der Waals surface area contributed by atoms with E-state index >= 15 is 0 Å². The molecular weight excluding hydrogens is 226 g/mol. The van der Waals surface area contributed by atoms with Gasteiger partial charge in [0.1, 0.15) is 0 Å². The second-order valence-corrected chi connectivity index (χ2v) is 5.76. The van der Waals surface area contributed by atoms with Crippen molar-refractivity contribution in [3.8, 4) is 0 Å². The Morgan fingerprint density at radius 3 is 2.93 bits per heavy atom. The molecule has 2 unspecified atom stereocenters. The summed E-state index contributed by atoms with van der Waals surface area (Å²) in [7, 11) is 0. The molecule has 1 N–H and O–H groups in total. The Morgan fingerprint density at radius 1 is 1.47 bits per heavy atom. The van der Waals surface area contributed by atoms with Crippen LogP contribution < -0.4 is 5.32 Å². The third kappa shape index (κ3) is 2.68. The summed E-state index contributed by atoms with van der Waals surface area (Å²) in [4.78, 5) is 0. The minimum Gasteiger partial charge on any atom is -0.299 e. The van der Waals surface area contributed by atoms with Gasteiger partial charge < -0.3 is 0 Å². The number of aryl methyl sites for hydroxylation is 1. The van der Waals surface area contributed by atoms with Gasteiger partial charge in [-0.3, -0.25) is 5.32 Å². The van der Waals surface area contributed by atoms with E-state index in [2.05, 4.69) is 25.2 Å². The average molecular weight is 242 g/mol. The Hall–Kier alpha value is -0.180. The molecule has 15 heavy (non-hydrogen) atoms. The zero-order chi connectivity index (χ0) is 10.8. The molecule has 1 fully saturated rings. The zero-order valence-corrected chi connectivity index (χ0v) is 10.7. The predicted molar refractivity (Wildman–Crippen MR) is 68.6 cm³/mol. The van der Waals surface area contributed by atoms with E-state index in [0.29, 0.717) is 11.4 Å². The van der Waals surface area contributed by atoms with E-state index in [1.807, 2.05) is 23.9 Å². The topological polar surface area (TPSA) is 12.0 Å². The quantitative estimate of drug-likeness (QED) is 0.804. The van der Waals surface area contributed by atoms with Crippen LogP contribution in [0.25, 0.3) is 0 Å². The van der Waals surface area contributed by atoms with Crippen molar-refractivity contribution in [2.45, 2.75) is 31.7 Å². The molecule has 2 atom stereocenters. The van der Waals surface area contributed by atoms with E-state index in [1.54, 1.807) is 0 Å². The fourth-order valence-electron chi connectivity index (χ4n) is 1.87. The summed E-state index contributed by atoms with van der Waals surface area (Å²) in [6.45, 7) is 4.38. The van der Waals surface area contributed by atoms with Crippen LogP contribution in [-0.4, -0.2) is 11.8 Å². The van der Waals surface area contributed by atoms with Gasteiger partial charge in [0.2, 0.25) is 0 Å². The van der Waals surface area contributed by atoms with Crippen LogP contribution in [-0.2, 0) is 0 Å². The zero-order valence-electron chi connectivity index (χ0n) is 9.09. The molecule has 0 aliphatic carbocycles. The van der Waals surface area contributed by atoms with Crippen molar-refractivity contribution in [2.75, 3.05) is 5.75 Å². The highest BCUT2D eigenvalue weighted by atomic mass is 35.5. The van der Waals surface area contributed by atoms with Gasteiger partial charge in [-0.1, -0.05) is 17.7 Å². The summed E-state index contributed by atoms with van der Waals surface area (Å²) >= 11 is 7.94. The van der Waals surface area contributed by atoms with E-state index < -0.39 is 0 Å². The Kier molecular flexibility index (Phi) is 3.60. The van der Waals surface area contributed by atoms with Gasteiger partial charge in [-0.2, -0.15) is 0 Å². The standard InChI is InChI=1S/C12H16ClNS/c1-8-7-10(13)3-4-11(8)12-14-9(2)5-6-15-12/h3-4,7,9,12,14H,5-6H2,1-2H3. The Morgan fingerprint density at radius 2 is 2.27 bits per heavy atom. The van der Waals surface area contributed by atoms with Crippen LogP contribution in [0.15, 0.2) is 18.2 Å². The molecule has 0 amide bonds. The molecule has 1 nitrogen and oxygen atoms in total. The average Bonchev–Trinajstić information content (AvgIpc) is 2.17. The molecule has 0 spiro atoms. The SMILES string of the molecule is Cc1cc(Cl)ccc1C1NC(C)CCS1. The van der Waals surface area contributed by atoms with Gasteiger partial charge in [0.05, 0.1) is 5.37 Å². The Labute approximate surface area is 101 Å². The highest BCUT2D eigenvalue weighted by molar-refractivity contribution is 7.99. The number of hydrogen-bond donors (Lipinski definition) is 1. The first-order valence-corrected chi connectivity index (χ1v) is 6.73. The van der Waals surface area contributed by atoms with Crippen molar-refractivity contribution in [3.05, 3.63) is 34.3 Å². The second kappa shape index (κ2) is 4.77. The molecule has 1 saturated heterocycles. The van der Waals surface area contributed by atoms with Crippen LogP contribution in [0.3, 0.4) is 0 Å². The predicted octanol–water partition coefficient (Wildman–Crippen LogP) is 3.76. The van der Waals surface area contributed by atoms with E-state index in [1.165, 1.54) is 23.3 Å². The summed E-state index contributed by atoms with van der Waals surface area (Å²) in [5.41, 5.74) is 2.65. The van der Waals surface area contributed by atoms with Crippen molar-refractivity contribution < 1.29 is 0 Å². The minimum atomic E-state index is 0.436. The minimum absolute atomic E-state index is 0.436. The maximum Gasteiger partial charge on any atom is 0.0793 e. The largest absolute Gasteiger partial charge is 0.299 e. The lowest BCUT2D eigenvalue weighted by Gasteiger charge is -2.29. The van der Waals surface area contributed by atoms with Crippen molar-refractivity contribution >= 4 is 23.4 Å². The molecule has 1 aliphatic heterocycles. The molecule has 0 radical (unpaired) electrons. The number of halogens is 1. The first-order valence-electron chi connectivity index (χ1n) is 5.30. The first-order chi connectivity index (χ1) is 7.16. The molecule has 1 aromatic carbocycles. The van der Waals surface area contributed by atoms with Gasteiger partial charge in [-0.25, -0.2) is 0 Å². The number of rotatable bonds is 1. The van der Waals surface area contributed by atoms with Gasteiger partial charge in [-0.05, 0) is 49.3 Å². The maximum atomic E-state index is 5.96. The Balaban J connectivity index is 2.21. The number of hydrogen-bond acceptors (Lipinski definition) is 2. The van der Waals surface area contributed by atoms with Crippen LogP contribution in [0.5, 0.6) is 0 Å². The molecule has 3 heteroatoms. The monoisotopic (exact) mass is 241 g/mol. The fraction of sp³-hybridized carbons (Fsp3) is 0.500. The summed E-state index contributed by atoms with van der Waals surface area (Å²) < 4.78 is 0. The number of nitrogens with one attached hydrogen (secondary N) is 1. The molecule has 2 rings (SSSR count). The molecule has 82 valence electrons. The Bertz CT molecular complexity index is 353. The van der Waals surface area contributed by atoms with E-state index in [9.17, 15) is 0 Å². The molecule has 1 aromatic rings. The van der Waals surface area contributed by atoms with Crippen LogP contribution in [0, 0.1) is 6.92 Å². The van der Waals surface area contributed by atoms with Crippen molar-refractivity contribution in [3.63, 3.8) is 0 Å². The lowest BCUT2D eigenvalue weighted by Crippen LogP contribution is -2.33. The summed E-state index contributed by atoms with van der Waals surface area (Å²) in [5, 5.41) is 4.87. The van der Waals surface area contributed by atoms with Crippen molar-refractivity contribution in [2.24, 2.45) is 0 Å². The molecule has 1 aliphatic rings. The van der Waals surface area contributed by atoms with Gasteiger partial charge >= 0.3 is 0 Å². The number of benzene rings is 1. The molecule has 1 heterocycles. The normalized spacial score (nSPS) is 26.6. The summed E-state index contributed by atoms with van der Waals surface area (Å²) in [6, 6.07) is 6.77. The van der Waals surface area contributed by atoms with Gasteiger partial charge in [0.15, 0.2) is 0 Å². The number of thioether (sulfide) groups is 1. The second-order valence-electron chi connectivity index (χ2n) is 4.11. The van der Waals surface area contributed by atoms with Crippen molar-refractivity contribution in [1.29, 1.82) is 0 Å². The van der Waals surface area contributed by atoms with Crippen LogP contribution >= 0.6 is 23.4 Å². The van der Waals surface area contributed by atoms with Crippen LogP contribution in [0.2, 0.25) is 5.02 Å². The highest BCUT2D eigenvalue weighted by Crippen LogP contribution is 2.33. The van der Waals surface area contributed by atoms with Crippen molar-refractivity contribution in [1.82, 2.24) is 5.32 Å². The summed E-state index contributed by atoms with van der Waals surface area (Å²) in [6.07, 6.45) is 1.26. The summed E-state index contributed by atoms with van der Waals surface area (Å²) in [5.74, 6) is 1.24. The van der Waals surface area contributed by atoms with E-state index in [-0.39, 0.29) is 0 Å². The third-order valence-corrected chi connectivity index (χ3v) is 4.22. The van der Waals surface area contributed by atoms with Gasteiger partial charge in [0, 0.05) is 11.1 Å². The molecule has 0 saturated carbocycles. The lowest BCUT2D eigenvalue weighted by molar-refractivity contribution is 0.511. The fourth-order valence-corrected chi connectivity index (χ4v) is 3.59. The highest BCUT2D eigenvalue weighted by Gasteiger charge is 2.20. The van der Waals surface area contributed by atoms with E-state index in [0.717, 1.165) is 5.02 Å². The molecular formula is C12H16ClNS. The van der Waals surface area contributed by atoms with Gasteiger partial charge in [0.25, 0.3) is 0 Å². The third-order valence-electron chi connectivity index (χ3n) is 2.79. The molecule has 0 bridgehead atoms. The first kappa shape index (κ1) is 11.3. The molecule has 0 aromatic heterocycles. The van der Waals surface area contributed by atoms with Gasteiger partial charge in [-0.15, -0.1) is 11.8 Å². The smallest absolute Gasteiger partial charge is 0.0793 e. The van der Waals surface area contributed by atoms with E-state index in [4.69, 9.17) is 11.6 Å². The van der Waals surface area contributed by atoms with Crippen LogP contribution in [0.4, 0.5) is 0 Å². The lowest BCUT2D eigenvalue weighted by atomic mass is 10.1. The van der Waals surface area contributed by atoms with Crippen LogP contribution in [0.1, 0.15) is 29.8 Å².